The summed E-state index contributed by atoms with van der Waals surface area (Å²) < 4.78 is 5.73. The first kappa shape index (κ1) is 11.7. The number of rotatable bonds is 2. The third kappa shape index (κ3) is 2.18. The Labute approximate surface area is 102 Å². The second-order valence-electron chi connectivity index (χ2n) is 4.47. The van der Waals surface area contributed by atoms with Gasteiger partial charge in [-0.2, -0.15) is 0 Å². The van der Waals surface area contributed by atoms with Crippen LogP contribution in [0.5, 0.6) is 5.75 Å². The molecule has 2 rings (SSSR count). The fourth-order valence-electron chi connectivity index (χ4n) is 2.36. The van der Waals surface area contributed by atoms with Crippen LogP contribution in [0.15, 0.2) is 18.2 Å². The van der Waals surface area contributed by atoms with Gasteiger partial charge in [-0.3, -0.25) is 0 Å². The van der Waals surface area contributed by atoms with Crippen LogP contribution in [0.4, 0.5) is 0 Å². The lowest BCUT2D eigenvalue weighted by Crippen LogP contribution is -2.19. The van der Waals surface area contributed by atoms with Gasteiger partial charge >= 0.3 is 0 Å². The maximum absolute atomic E-state index is 6.17. The van der Waals surface area contributed by atoms with Crippen LogP contribution < -0.4 is 10.5 Å². The van der Waals surface area contributed by atoms with E-state index in [1.165, 1.54) is 5.56 Å². The third-order valence-corrected chi connectivity index (χ3v) is 3.66. The van der Waals surface area contributed by atoms with Crippen LogP contribution in [-0.2, 0) is 0 Å². The van der Waals surface area contributed by atoms with E-state index in [0.29, 0.717) is 23.4 Å². The third-order valence-electron chi connectivity index (χ3n) is 3.36. The van der Waals surface area contributed by atoms with Crippen molar-refractivity contribution in [3.05, 3.63) is 28.8 Å². The van der Waals surface area contributed by atoms with Crippen LogP contribution in [0.3, 0.4) is 0 Å². The topological polar surface area (TPSA) is 35.2 Å². The summed E-state index contributed by atoms with van der Waals surface area (Å²) in [7, 11) is 0. The molecule has 1 aromatic carbocycles. The van der Waals surface area contributed by atoms with Gasteiger partial charge in [-0.15, -0.1) is 0 Å². The highest BCUT2D eigenvalue weighted by atomic mass is 35.5. The minimum absolute atomic E-state index is 0.471. The lowest BCUT2D eigenvalue weighted by atomic mass is 9.84. The van der Waals surface area contributed by atoms with Crippen LogP contribution in [0, 0.1) is 5.92 Å². The molecule has 1 aliphatic rings. The summed E-state index contributed by atoms with van der Waals surface area (Å²) in [6.07, 6.45) is 2.20. The number of hydrogen-bond donors (Lipinski definition) is 1. The largest absolute Gasteiger partial charge is 0.492 e. The van der Waals surface area contributed by atoms with Crippen molar-refractivity contribution in [2.45, 2.75) is 25.7 Å². The first-order valence-corrected chi connectivity index (χ1v) is 6.23. The summed E-state index contributed by atoms with van der Waals surface area (Å²) in [5.74, 6) is 1.81. The predicted octanol–water partition coefficient (Wildman–Crippen LogP) is 3.19. The maximum atomic E-state index is 6.17. The Kier molecular flexibility index (Phi) is 3.72. The predicted molar refractivity (Wildman–Crippen MR) is 67.1 cm³/mol. The van der Waals surface area contributed by atoms with Crippen molar-refractivity contribution >= 4 is 11.6 Å². The molecule has 1 aliphatic heterocycles. The van der Waals surface area contributed by atoms with Gasteiger partial charge in [-0.25, -0.2) is 0 Å². The highest BCUT2D eigenvalue weighted by Crippen LogP contribution is 2.41. The van der Waals surface area contributed by atoms with E-state index >= 15 is 0 Å². The Morgan fingerprint density at radius 2 is 2.38 bits per heavy atom. The van der Waals surface area contributed by atoms with Crippen LogP contribution in [0.2, 0.25) is 5.02 Å². The molecule has 0 fully saturated rings. The smallest absolute Gasteiger partial charge is 0.141 e. The van der Waals surface area contributed by atoms with Gasteiger partial charge in [-0.1, -0.05) is 30.7 Å². The normalized spacial score (nSPS) is 21.8. The van der Waals surface area contributed by atoms with Gasteiger partial charge < -0.3 is 10.5 Å². The van der Waals surface area contributed by atoms with Gasteiger partial charge in [0.15, 0.2) is 0 Å². The standard InChI is InChI=1S/C13H18ClNO/c1-9(8-15)10-5-3-7-16-13-11(10)4-2-6-12(13)14/h2,4,6,9-10H,3,5,7-8,15H2,1H3. The number of hydrogen-bond acceptors (Lipinski definition) is 2. The molecule has 0 aromatic heterocycles. The highest BCUT2D eigenvalue weighted by molar-refractivity contribution is 6.32. The molecule has 2 atom stereocenters. The molecule has 0 bridgehead atoms. The van der Waals surface area contributed by atoms with E-state index in [0.717, 1.165) is 25.2 Å². The summed E-state index contributed by atoms with van der Waals surface area (Å²) in [5, 5.41) is 0.716. The zero-order valence-corrected chi connectivity index (χ0v) is 10.3. The Morgan fingerprint density at radius 3 is 3.12 bits per heavy atom. The van der Waals surface area contributed by atoms with Crippen molar-refractivity contribution in [3.63, 3.8) is 0 Å². The molecule has 0 amide bonds. The Bertz CT molecular complexity index is 367. The lowest BCUT2D eigenvalue weighted by Gasteiger charge is -2.22. The summed E-state index contributed by atoms with van der Waals surface area (Å²) in [6, 6.07) is 5.99. The van der Waals surface area contributed by atoms with E-state index in [9.17, 15) is 0 Å². The van der Waals surface area contributed by atoms with Crippen molar-refractivity contribution in [3.8, 4) is 5.75 Å². The molecule has 0 saturated heterocycles. The van der Waals surface area contributed by atoms with Gasteiger partial charge in [0.05, 0.1) is 11.6 Å². The number of fused-ring (bicyclic) bond motifs is 1. The molecule has 3 heteroatoms. The van der Waals surface area contributed by atoms with E-state index in [1.807, 2.05) is 12.1 Å². The molecule has 2 N–H and O–H groups in total. The van der Waals surface area contributed by atoms with Crippen LogP contribution in [-0.4, -0.2) is 13.2 Å². The van der Waals surface area contributed by atoms with Crippen LogP contribution in [0.25, 0.3) is 0 Å². The average molecular weight is 240 g/mol. The lowest BCUT2D eigenvalue weighted by molar-refractivity contribution is 0.314. The summed E-state index contributed by atoms with van der Waals surface area (Å²) in [4.78, 5) is 0. The minimum atomic E-state index is 0.471. The zero-order chi connectivity index (χ0) is 11.5. The molecular weight excluding hydrogens is 222 g/mol. The van der Waals surface area contributed by atoms with Gasteiger partial charge in [-0.05, 0) is 42.9 Å². The van der Waals surface area contributed by atoms with Crippen molar-refractivity contribution in [2.24, 2.45) is 11.7 Å². The van der Waals surface area contributed by atoms with E-state index in [-0.39, 0.29) is 0 Å². The van der Waals surface area contributed by atoms with Gasteiger partial charge in [0.25, 0.3) is 0 Å². The van der Waals surface area contributed by atoms with Crippen molar-refractivity contribution in [2.75, 3.05) is 13.2 Å². The second kappa shape index (κ2) is 5.07. The number of nitrogens with two attached hydrogens (primary N) is 1. The number of para-hydroxylation sites is 1. The van der Waals surface area contributed by atoms with Crippen LogP contribution >= 0.6 is 11.6 Å². The molecule has 0 radical (unpaired) electrons. The molecule has 88 valence electrons. The fourth-order valence-corrected chi connectivity index (χ4v) is 2.59. The molecule has 0 spiro atoms. The molecule has 2 nitrogen and oxygen atoms in total. The van der Waals surface area contributed by atoms with Gasteiger partial charge in [0.1, 0.15) is 5.75 Å². The Hall–Kier alpha value is -0.730. The first-order valence-electron chi connectivity index (χ1n) is 5.85. The SMILES string of the molecule is CC(CN)C1CCCOc2c(Cl)cccc21. The molecule has 2 unspecified atom stereocenters. The van der Waals surface area contributed by atoms with Crippen molar-refractivity contribution in [1.29, 1.82) is 0 Å². The maximum Gasteiger partial charge on any atom is 0.141 e. The molecule has 0 saturated carbocycles. The summed E-state index contributed by atoms with van der Waals surface area (Å²) in [6.45, 7) is 3.65. The van der Waals surface area contributed by atoms with E-state index in [2.05, 4.69) is 13.0 Å². The monoisotopic (exact) mass is 239 g/mol. The summed E-state index contributed by atoms with van der Waals surface area (Å²) >= 11 is 6.17. The molecule has 0 aliphatic carbocycles. The van der Waals surface area contributed by atoms with E-state index < -0.39 is 0 Å². The molecule has 1 aromatic rings. The fraction of sp³-hybridized carbons (Fsp3) is 0.538. The highest BCUT2D eigenvalue weighted by Gasteiger charge is 2.25. The number of ether oxygens (including phenoxy) is 1. The second-order valence-corrected chi connectivity index (χ2v) is 4.88. The van der Waals surface area contributed by atoms with Crippen molar-refractivity contribution < 1.29 is 4.74 Å². The van der Waals surface area contributed by atoms with Gasteiger partial charge in [0, 0.05) is 0 Å². The number of halogens is 1. The Balaban J connectivity index is 2.40. The molecule has 16 heavy (non-hydrogen) atoms. The van der Waals surface area contributed by atoms with E-state index in [1.54, 1.807) is 0 Å². The average Bonchev–Trinajstić information content (AvgIpc) is 2.51. The van der Waals surface area contributed by atoms with Gasteiger partial charge in [0.2, 0.25) is 0 Å². The quantitative estimate of drug-likeness (QED) is 0.860. The Morgan fingerprint density at radius 1 is 1.56 bits per heavy atom. The molecule has 1 heterocycles. The van der Waals surface area contributed by atoms with E-state index in [4.69, 9.17) is 22.1 Å². The van der Waals surface area contributed by atoms with Crippen molar-refractivity contribution in [1.82, 2.24) is 0 Å². The molecular formula is C13H18ClNO. The number of benzene rings is 1. The minimum Gasteiger partial charge on any atom is -0.492 e. The first-order chi connectivity index (χ1) is 7.74. The zero-order valence-electron chi connectivity index (χ0n) is 9.58. The summed E-state index contributed by atoms with van der Waals surface area (Å²) in [5.41, 5.74) is 7.00. The van der Waals surface area contributed by atoms with Crippen LogP contribution in [0.1, 0.15) is 31.2 Å².